The average Bonchev–Trinajstić information content (AvgIpc) is 2.85. The van der Waals surface area contributed by atoms with Gasteiger partial charge in [-0.05, 0) is 71.9 Å². The largest absolute Gasteiger partial charge is 0.241 e. The lowest BCUT2D eigenvalue weighted by molar-refractivity contribution is 0.445. The number of aryl methyl sites for hydroxylation is 5. The lowest BCUT2D eigenvalue weighted by atomic mass is 9.98. The number of allylic oxidation sites excluding steroid dienone is 1. The highest BCUT2D eigenvalue weighted by Gasteiger charge is 2.13. The summed E-state index contributed by atoms with van der Waals surface area (Å²) in [5.41, 5.74) is 2.85. The summed E-state index contributed by atoms with van der Waals surface area (Å²) in [5.74, 6) is -3.57. The molecule has 0 unspecified atom stereocenters. The molecule has 0 fully saturated rings. The fraction of sp³-hybridized carbons (Fsp3) is 0.214. The van der Waals surface area contributed by atoms with Gasteiger partial charge >= 0.3 is 0 Å². The van der Waals surface area contributed by atoms with E-state index in [2.05, 4.69) is 16.5 Å². The van der Waals surface area contributed by atoms with Crippen molar-refractivity contribution in [2.75, 3.05) is 0 Å². The predicted molar refractivity (Wildman–Crippen MR) is 126 cm³/mol. The van der Waals surface area contributed by atoms with Crippen LogP contribution in [0.2, 0.25) is 0 Å². The Morgan fingerprint density at radius 3 is 2.09 bits per heavy atom. The monoisotopic (exact) mass is 464 g/mol. The van der Waals surface area contributed by atoms with Crippen LogP contribution in [0, 0.1) is 23.3 Å². The van der Waals surface area contributed by atoms with Crippen LogP contribution in [0.25, 0.3) is 10.8 Å². The summed E-state index contributed by atoms with van der Waals surface area (Å²) in [6.07, 6.45) is 9.17. The van der Waals surface area contributed by atoms with E-state index < -0.39 is 17.5 Å². The Bertz CT molecular complexity index is 1290. The molecule has 174 valence electrons. The first-order valence-corrected chi connectivity index (χ1v) is 11.2. The highest BCUT2D eigenvalue weighted by Crippen LogP contribution is 2.25. The standard InChI is InChI=1S/C28H24F4N2/c1-2-3-4-20-16-33-26(34-17-20)12-7-18-6-11-23-22(13-18)10-9-21(27(23)31)8-5-19-14-24(29)28(32)25(30)15-19/h2,6,9-11,13-17H,1,3-5,7-8,12H2. The molecule has 0 saturated heterocycles. The van der Waals surface area contributed by atoms with Crippen molar-refractivity contribution in [3.63, 3.8) is 0 Å². The van der Waals surface area contributed by atoms with Crippen molar-refractivity contribution >= 4 is 10.8 Å². The van der Waals surface area contributed by atoms with Crippen molar-refractivity contribution in [2.24, 2.45) is 0 Å². The van der Waals surface area contributed by atoms with Crippen LogP contribution in [-0.4, -0.2) is 9.97 Å². The maximum Gasteiger partial charge on any atom is 0.194 e. The van der Waals surface area contributed by atoms with Gasteiger partial charge in [0, 0.05) is 24.2 Å². The molecule has 0 aliphatic carbocycles. The zero-order chi connectivity index (χ0) is 24.1. The van der Waals surface area contributed by atoms with Gasteiger partial charge in [-0.1, -0.05) is 36.4 Å². The Balaban J connectivity index is 1.42. The van der Waals surface area contributed by atoms with E-state index in [4.69, 9.17) is 0 Å². The molecule has 1 aromatic heterocycles. The van der Waals surface area contributed by atoms with Crippen molar-refractivity contribution < 1.29 is 17.6 Å². The van der Waals surface area contributed by atoms with Crippen LogP contribution in [0.5, 0.6) is 0 Å². The summed E-state index contributed by atoms with van der Waals surface area (Å²) in [6, 6.07) is 11.0. The molecule has 0 bridgehead atoms. The number of halogens is 4. The maximum absolute atomic E-state index is 15.1. The van der Waals surface area contributed by atoms with Gasteiger partial charge in [0.2, 0.25) is 0 Å². The normalized spacial score (nSPS) is 11.2. The molecule has 6 heteroatoms. The molecule has 0 N–H and O–H groups in total. The first-order chi connectivity index (χ1) is 16.4. The van der Waals surface area contributed by atoms with Gasteiger partial charge in [-0.25, -0.2) is 27.5 Å². The molecule has 0 aliphatic heterocycles. The number of fused-ring (bicyclic) bond motifs is 1. The van der Waals surface area contributed by atoms with Crippen LogP contribution in [-0.2, 0) is 32.1 Å². The molecule has 0 saturated carbocycles. The third kappa shape index (κ3) is 5.50. The number of aromatic nitrogens is 2. The van der Waals surface area contributed by atoms with Crippen molar-refractivity contribution in [3.8, 4) is 0 Å². The van der Waals surface area contributed by atoms with E-state index in [0.717, 1.165) is 53.7 Å². The Morgan fingerprint density at radius 1 is 0.676 bits per heavy atom. The summed E-state index contributed by atoms with van der Waals surface area (Å²) in [7, 11) is 0. The van der Waals surface area contributed by atoms with Crippen LogP contribution in [0.1, 0.15) is 34.5 Å². The number of hydrogen-bond donors (Lipinski definition) is 0. The van der Waals surface area contributed by atoms with E-state index in [1.807, 2.05) is 36.7 Å². The number of nitrogens with zero attached hydrogens (tertiary/aromatic N) is 2. The second-order valence-electron chi connectivity index (χ2n) is 8.30. The zero-order valence-electron chi connectivity index (χ0n) is 18.6. The number of hydrogen-bond acceptors (Lipinski definition) is 2. The molecule has 3 aromatic carbocycles. The van der Waals surface area contributed by atoms with Gasteiger partial charge in [-0.3, -0.25) is 0 Å². The summed E-state index contributed by atoms with van der Waals surface area (Å²) < 4.78 is 55.1. The Hall–Kier alpha value is -3.54. The molecular weight excluding hydrogens is 440 g/mol. The number of rotatable bonds is 9. The van der Waals surface area contributed by atoms with E-state index in [1.165, 1.54) is 0 Å². The molecule has 0 radical (unpaired) electrons. The van der Waals surface area contributed by atoms with Gasteiger partial charge in [0.05, 0.1) is 0 Å². The van der Waals surface area contributed by atoms with Crippen LogP contribution < -0.4 is 0 Å². The molecule has 2 nitrogen and oxygen atoms in total. The molecule has 4 aromatic rings. The van der Waals surface area contributed by atoms with E-state index >= 15 is 4.39 Å². The van der Waals surface area contributed by atoms with Crippen LogP contribution >= 0.6 is 0 Å². The van der Waals surface area contributed by atoms with E-state index in [1.54, 1.807) is 12.1 Å². The fourth-order valence-electron chi connectivity index (χ4n) is 3.93. The first kappa shape index (κ1) is 23.6. The topological polar surface area (TPSA) is 25.8 Å². The molecule has 4 rings (SSSR count). The van der Waals surface area contributed by atoms with Gasteiger partial charge < -0.3 is 0 Å². The quantitative estimate of drug-likeness (QED) is 0.153. The second-order valence-corrected chi connectivity index (χ2v) is 8.30. The summed E-state index contributed by atoms with van der Waals surface area (Å²) in [6.45, 7) is 3.72. The zero-order valence-corrected chi connectivity index (χ0v) is 18.6. The molecule has 0 spiro atoms. The molecule has 0 amide bonds. The van der Waals surface area contributed by atoms with Crippen LogP contribution in [0.3, 0.4) is 0 Å². The van der Waals surface area contributed by atoms with Crippen molar-refractivity contribution in [2.45, 2.75) is 38.5 Å². The highest BCUT2D eigenvalue weighted by molar-refractivity contribution is 5.84. The van der Waals surface area contributed by atoms with Gasteiger partial charge in [0.25, 0.3) is 0 Å². The minimum atomic E-state index is -1.50. The van der Waals surface area contributed by atoms with E-state index in [0.29, 0.717) is 17.4 Å². The molecular formula is C28H24F4N2. The molecule has 0 aliphatic rings. The smallest absolute Gasteiger partial charge is 0.194 e. The Labute approximate surface area is 196 Å². The van der Waals surface area contributed by atoms with Crippen molar-refractivity contribution in [1.82, 2.24) is 9.97 Å². The molecule has 34 heavy (non-hydrogen) atoms. The first-order valence-electron chi connectivity index (χ1n) is 11.2. The number of benzene rings is 3. The van der Waals surface area contributed by atoms with Crippen LogP contribution in [0.15, 0.2) is 67.5 Å². The SMILES string of the molecule is C=CCCc1cnc(CCc2ccc3c(F)c(CCc4cc(F)c(F)c(F)c4)ccc3c2)nc1. The Morgan fingerprint density at radius 2 is 1.38 bits per heavy atom. The van der Waals surface area contributed by atoms with Gasteiger partial charge in [0.1, 0.15) is 11.6 Å². The third-order valence-electron chi connectivity index (χ3n) is 5.86. The molecule has 0 atom stereocenters. The third-order valence-corrected chi connectivity index (χ3v) is 5.86. The summed E-state index contributed by atoms with van der Waals surface area (Å²) in [5, 5.41) is 1.26. The average molecular weight is 465 g/mol. The van der Waals surface area contributed by atoms with Gasteiger partial charge in [-0.15, -0.1) is 6.58 Å². The van der Waals surface area contributed by atoms with Crippen molar-refractivity contribution in [1.29, 1.82) is 0 Å². The van der Waals surface area contributed by atoms with E-state index in [9.17, 15) is 13.2 Å². The van der Waals surface area contributed by atoms with Crippen molar-refractivity contribution in [3.05, 3.63) is 119 Å². The summed E-state index contributed by atoms with van der Waals surface area (Å²) in [4.78, 5) is 8.85. The minimum Gasteiger partial charge on any atom is -0.241 e. The fourth-order valence-corrected chi connectivity index (χ4v) is 3.93. The van der Waals surface area contributed by atoms with Crippen LogP contribution in [0.4, 0.5) is 17.6 Å². The predicted octanol–water partition coefficient (Wildman–Crippen LogP) is 6.88. The minimum absolute atomic E-state index is 0.195. The lowest BCUT2D eigenvalue weighted by Gasteiger charge is -2.09. The maximum atomic E-state index is 15.1. The lowest BCUT2D eigenvalue weighted by Crippen LogP contribution is -2.00. The second kappa shape index (κ2) is 10.6. The van der Waals surface area contributed by atoms with Gasteiger partial charge in [0.15, 0.2) is 17.5 Å². The summed E-state index contributed by atoms with van der Waals surface area (Å²) >= 11 is 0. The highest BCUT2D eigenvalue weighted by atomic mass is 19.2. The molecule has 1 heterocycles. The van der Waals surface area contributed by atoms with E-state index in [-0.39, 0.29) is 24.2 Å². The van der Waals surface area contributed by atoms with Gasteiger partial charge in [-0.2, -0.15) is 0 Å². The Kier molecular flexibility index (Phi) is 7.36.